The third-order valence-corrected chi connectivity index (χ3v) is 4.60. The minimum atomic E-state index is -4.87. The Kier molecular flexibility index (Phi) is 12.5. The SMILES string of the molecule is CC(C)(C)OP(=O)([O-])OOOOOOOP(=O)([O-])OCSSCO. The molecule has 2 unspecified atom stereocenters. The predicted molar refractivity (Wildman–Crippen MR) is 71.9 cm³/mol. The van der Waals surface area contributed by atoms with Crippen LogP contribution in [0.5, 0.6) is 0 Å². The van der Waals surface area contributed by atoms with Crippen molar-refractivity contribution in [1.29, 1.82) is 0 Å². The number of rotatable bonds is 14. The molecule has 0 spiro atoms. The summed E-state index contributed by atoms with van der Waals surface area (Å²) in [5.41, 5.74) is -1.09. The van der Waals surface area contributed by atoms with Crippen LogP contribution >= 0.6 is 37.2 Å². The van der Waals surface area contributed by atoms with Crippen LogP contribution in [-0.2, 0) is 52.7 Å². The van der Waals surface area contributed by atoms with E-state index in [2.05, 4.69) is 43.6 Å². The first-order valence-corrected chi connectivity index (χ1v) is 10.9. The Bertz CT molecular complexity index is 428. The lowest BCUT2D eigenvalue weighted by Crippen LogP contribution is -2.22. The molecule has 0 aliphatic rings. The number of phosphoric acid groups is 2. The van der Waals surface area contributed by atoms with E-state index in [1.807, 2.05) is 0 Å². The van der Waals surface area contributed by atoms with E-state index in [0.717, 1.165) is 21.6 Å². The summed E-state index contributed by atoms with van der Waals surface area (Å²) in [6.07, 6.45) is 0. The van der Waals surface area contributed by atoms with Crippen molar-refractivity contribution in [3.63, 3.8) is 0 Å². The fourth-order valence-corrected chi connectivity index (χ4v) is 3.25. The highest BCUT2D eigenvalue weighted by atomic mass is 33.1. The van der Waals surface area contributed by atoms with Crippen molar-refractivity contribution in [3.05, 3.63) is 0 Å². The summed E-state index contributed by atoms with van der Waals surface area (Å²) in [6.45, 7) is 4.28. The third-order valence-electron chi connectivity index (χ3n) is 1.14. The molecule has 24 heavy (non-hydrogen) atoms. The second kappa shape index (κ2) is 12.1. The molecular formula is C6H14O14P2S2-2. The average molecular weight is 436 g/mol. The van der Waals surface area contributed by atoms with Crippen molar-refractivity contribution in [3.8, 4) is 0 Å². The number of hydrogen-bond acceptors (Lipinski definition) is 16. The fraction of sp³-hybridized carbons (Fsp3) is 1.00. The first kappa shape index (κ1) is 24.7. The van der Waals surface area contributed by atoms with Gasteiger partial charge in [0.2, 0.25) is 0 Å². The molecular weight excluding hydrogens is 422 g/mol. The molecule has 2 atom stereocenters. The summed E-state index contributed by atoms with van der Waals surface area (Å²) in [7, 11) is -7.94. The summed E-state index contributed by atoms with van der Waals surface area (Å²) in [5, 5.41) is 26.1. The lowest BCUT2D eigenvalue weighted by atomic mass is 10.2. The van der Waals surface area contributed by atoms with Gasteiger partial charge in [0.15, 0.2) is 0 Å². The molecule has 0 fully saturated rings. The highest BCUT2D eigenvalue weighted by molar-refractivity contribution is 8.76. The normalized spacial score (nSPS) is 17.4. The van der Waals surface area contributed by atoms with Crippen molar-refractivity contribution in [2.45, 2.75) is 26.4 Å². The first-order valence-electron chi connectivity index (χ1n) is 5.51. The van der Waals surface area contributed by atoms with Gasteiger partial charge in [-0.15, -0.1) is 9.35 Å². The molecule has 14 nitrogen and oxygen atoms in total. The molecule has 0 saturated heterocycles. The van der Waals surface area contributed by atoms with Crippen LogP contribution in [0.3, 0.4) is 0 Å². The van der Waals surface area contributed by atoms with Crippen LogP contribution in [0.25, 0.3) is 0 Å². The van der Waals surface area contributed by atoms with E-state index >= 15 is 0 Å². The lowest BCUT2D eigenvalue weighted by molar-refractivity contribution is -0.777. The minimum Gasteiger partial charge on any atom is -0.754 e. The standard InChI is InChI=1S/C6H16O14P2S2/c1-6(2,3)13-22(10,11)20-18-16-14-15-17-19-21(8,9)12-5-24-23-4-7/h7H,4-5H2,1-3H3,(H,8,9)(H,10,11)/p-2. The molecule has 0 aromatic heterocycles. The van der Waals surface area contributed by atoms with Gasteiger partial charge in [-0.05, 0) is 46.0 Å². The number of aliphatic hydroxyl groups is 1. The number of phosphoric ester groups is 2. The van der Waals surface area contributed by atoms with Gasteiger partial charge in [0, 0.05) is 0 Å². The molecule has 0 aromatic rings. The Hall–Kier alpha value is 0.680. The molecule has 0 rings (SSSR count). The highest BCUT2D eigenvalue weighted by Gasteiger charge is 2.22. The average Bonchev–Trinajstić information content (AvgIpc) is 2.40. The van der Waals surface area contributed by atoms with Gasteiger partial charge in [0.05, 0.1) is 11.5 Å². The van der Waals surface area contributed by atoms with Gasteiger partial charge in [-0.25, -0.2) is 0 Å². The van der Waals surface area contributed by atoms with Gasteiger partial charge in [-0.3, -0.25) is 9.13 Å². The van der Waals surface area contributed by atoms with E-state index in [-0.39, 0.29) is 11.9 Å². The van der Waals surface area contributed by atoms with E-state index in [9.17, 15) is 18.9 Å². The lowest BCUT2D eigenvalue weighted by Gasteiger charge is -2.28. The van der Waals surface area contributed by atoms with Crippen molar-refractivity contribution in [1.82, 2.24) is 0 Å². The molecule has 0 bridgehead atoms. The maximum absolute atomic E-state index is 11.1. The van der Waals surface area contributed by atoms with Gasteiger partial charge in [-0.2, -0.15) is 0 Å². The Morgan fingerprint density at radius 3 is 1.92 bits per heavy atom. The summed E-state index contributed by atoms with van der Waals surface area (Å²) in [5.74, 6) is -0.627. The van der Waals surface area contributed by atoms with Crippen LogP contribution in [0, 0.1) is 0 Å². The van der Waals surface area contributed by atoms with Gasteiger partial charge in [0.1, 0.15) is 5.94 Å². The quantitative estimate of drug-likeness (QED) is 0.0998. The topological polar surface area (TPSA) is 184 Å². The zero-order valence-corrected chi connectivity index (χ0v) is 15.8. The Balaban J connectivity index is 3.69. The zero-order chi connectivity index (χ0) is 18.7. The van der Waals surface area contributed by atoms with Gasteiger partial charge >= 0.3 is 15.6 Å². The molecule has 146 valence electrons. The van der Waals surface area contributed by atoms with Crippen molar-refractivity contribution in [2.24, 2.45) is 0 Å². The molecule has 0 amide bonds. The summed E-state index contributed by atoms with van der Waals surface area (Å²) < 4.78 is 38.2. The smallest absolute Gasteiger partial charge is 0.302 e. The summed E-state index contributed by atoms with van der Waals surface area (Å²) >= 11 is 0. The summed E-state index contributed by atoms with van der Waals surface area (Å²) in [4.78, 5) is 22.1. The van der Waals surface area contributed by atoms with Crippen LogP contribution in [0.1, 0.15) is 20.8 Å². The second-order valence-corrected chi connectivity index (χ2v) is 9.11. The Morgan fingerprint density at radius 1 is 0.917 bits per heavy atom. The largest absolute Gasteiger partial charge is 0.754 e. The molecule has 0 aliphatic heterocycles. The maximum atomic E-state index is 11.1. The monoisotopic (exact) mass is 436 g/mol. The van der Waals surface area contributed by atoms with Crippen LogP contribution in [0.4, 0.5) is 0 Å². The molecule has 1 N–H and O–H groups in total. The van der Waals surface area contributed by atoms with E-state index in [1.165, 1.54) is 20.8 Å². The van der Waals surface area contributed by atoms with Gasteiger partial charge in [0.25, 0.3) is 0 Å². The Labute approximate surface area is 143 Å². The highest BCUT2D eigenvalue weighted by Crippen LogP contribution is 2.43. The minimum absolute atomic E-state index is 0.248. The van der Waals surface area contributed by atoms with Gasteiger partial charge < -0.3 is 23.9 Å². The molecule has 0 aromatic carbocycles. The van der Waals surface area contributed by atoms with Crippen molar-refractivity contribution >= 4 is 37.2 Å². The number of aliphatic hydroxyl groups excluding tert-OH is 1. The van der Waals surface area contributed by atoms with E-state index in [4.69, 9.17) is 5.11 Å². The fourth-order valence-electron chi connectivity index (χ4n) is 0.663. The van der Waals surface area contributed by atoms with Crippen LogP contribution in [0.2, 0.25) is 0 Å². The molecule has 18 heteroatoms. The van der Waals surface area contributed by atoms with E-state index in [1.54, 1.807) is 0 Å². The second-order valence-electron chi connectivity index (χ2n) is 4.20. The van der Waals surface area contributed by atoms with Crippen LogP contribution < -0.4 is 9.79 Å². The zero-order valence-electron chi connectivity index (χ0n) is 12.4. The maximum Gasteiger partial charge on any atom is 0.302 e. The molecule has 0 heterocycles. The van der Waals surface area contributed by atoms with Crippen LogP contribution in [0.15, 0.2) is 0 Å². The first-order chi connectivity index (χ1) is 11.0. The van der Waals surface area contributed by atoms with Gasteiger partial charge in [-0.1, -0.05) is 21.6 Å². The molecule has 0 saturated carbocycles. The Morgan fingerprint density at radius 2 is 1.42 bits per heavy atom. The van der Waals surface area contributed by atoms with Crippen LogP contribution in [-0.4, -0.2) is 22.6 Å². The third kappa shape index (κ3) is 16.2. The molecule has 0 radical (unpaired) electrons. The van der Waals surface area contributed by atoms with E-state index < -0.39 is 21.2 Å². The van der Waals surface area contributed by atoms with Crippen molar-refractivity contribution in [2.75, 3.05) is 11.9 Å². The van der Waals surface area contributed by atoms with E-state index in [0.29, 0.717) is 0 Å². The molecule has 0 aliphatic carbocycles. The predicted octanol–water partition coefficient (Wildman–Crippen LogP) is 0.650. The van der Waals surface area contributed by atoms with Crippen molar-refractivity contribution < 1.29 is 67.6 Å². The number of hydrogen-bond donors (Lipinski definition) is 1. The summed E-state index contributed by atoms with van der Waals surface area (Å²) in [6, 6.07) is 0.